The van der Waals surface area contributed by atoms with E-state index in [4.69, 9.17) is 4.74 Å². The lowest BCUT2D eigenvalue weighted by Crippen LogP contribution is -2.45. The number of thiazole rings is 1. The van der Waals surface area contributed by atoms with Gasteiger partial charge in [0.1, 0.15) is 17.5 Å². The minimum Gasteiger partial charge on any atom is -0.489 e. The summed E-state index contributed by atoms with van der Waals surface area (Å²) in [4.78, 5) is 25.5. The fourth-order valence-corrected chi connectivity index (χ4v) is 4.45. The van der Waals surface area contributed by atoms with Gasteiger partial charge in [-0.3, -0.25) is 19.6 Å². The highest BCUT2D eigenvalue weighted by molar-refractivity contribution is 7.09. The van der Waals surface area contributed by atoms with Gasteiger partial charge in [0.05, 0.1) is 11.6 Å². The van der Waals surface area contributed by atoms with E-state index in [0.29, 0.717) is 12.2 Å². The number of aryl methyl sites for hydroxylation is 1. The summed E-state index contributed by atoms with van der Waals surface area (Å²) in [6.45, 7) is 10.4. The summed E-state index contributed by atoms with van der Waals surface area (Å²) in [5.41, 5.74) is 3.02. The summed E-state index contributed by atoms with van der Waals surface area (Å²) in [7, 11) is 0. The third kappa shape index (κ3) is 7.08. The average Bonchev–Trinajstić information content (AvgIpc) is 3.27. The number of nitrogens with one attached hydrogen (secondary N) is 1. The Bertz CT molecular complexity index is 1020. The van der Waals surface area contributed by atoms with Crippen LogP contribution in [0.1, 0.15) is 33.5 Å². The first-order valence-corrected chi connectivity index (χ1v) is 12.2. The van der Waals surface area contributed by atoms with Crippen LogP contribution in [0.25, 0.3) is 0 Å². The van der Waals surface area contributed by atoms with Crippen molar-refractivity contribution >= 4 is 17.2 Å². The number of carbonyl (C=O) groups excluding carboxylic acids is 1. The van der Waals surface area contributed by atoms with Crippen molar-refractivity contribution in [3.8, 4) is 5.75 Å². The lowest BCUT2D eigenvalue weighted by molar-refractivity contribution is 0.0927. The lowest BCUT2D eigenvalue weighted by Gasteiger charge is -2.34. The topological polar surface area (TPSA) is 70.6 Å². The van der Waals surface area contributed by atoms with Gasteiger partial charge in [0.2, 0.25) is 0 Å². The molecule has 1 saturated heterocycles. The molecule has 1 atom stereocenters. The van der Waals surface area contributed by atoms with E-state index in [1.54, 1.807) is 5.38 Å². The predicted octanol–water partition coefficient (Wildman–Crippen LogP) is 3.36. The zero-order valence-corrected chi connectivity index (χ0v) is 20.1. The van der Waals surface area contributed by atoms with Gasteiger partial charge in [-0.25, -0.2) is 4.98 Å². The minimum atomic E-state index is -0.161. The number of amides is 1. The van der Waals surface area contributed by atoms with Gasteiger partial charge in [-0.15, -0.1) is 11.3 Å². The van der Waals surface area contributed by atoms with Gasteiger partial charge in [0.25, 0.3) is 5.91 Å². The van der Waals surface area contributed by atoms with Crippen LogP contribution in [0.2, 0.25) is 0 Å². The maximum Gasteiger partial charge on any atom is 0.270 e. The largest absolute Gasteiger partial charge is 0.489 e. The molecular formula is C25H31N5O2S. The molecule has 7 nitrogen and oxygen atoms in total. The van der Waals surface area contributed by atoms with Crippen molar-refractivity contribution in [2.24, 2.45) is 0 Å². The summed E-state index contributed by atoms with van der Waals surface area (Å²) in [5.74, 6) is 0.650. The molecule has 1 fully saturated rings. The first-order chi connectivity index (χ1) is 16.0. The second-order valence-corrected chi connectivity index (χ2v) is 9.51. The summed E-state index contributed by atoms with van der Waals surface area (Å²) >= 11 is 1.47. The SMILES string of the molecule is Cc1nc(C(=O)NC[C@H](C)Oc2ccc(CN3CCN(Cc4cccnc4)CC3)cc2)cs1. The molecule has 3 aromatic rings. The third-order valence-electron chi connectivity index (χ3n) is 5.66. The molecular weight excluding hydrogens is 434 g/mol. The van der Waals surface area contributed by atoms with E-state index in [1.807, 2.05) is 44.4 Å². The standard InChI is InChI=1S/C25H31N5O2S/c1-19(14-27-25(31)24-18-33-20(2)28-24)32-23-7-5-21(6-8-23)16-29-10-12-30(13-11-29)17-22-4-3-9-26-15-22/h3-9,15,18-19H,10-14,16-17H2,1-2H3,(H,27,31)/t19-/m0/s1. The molecule has 174 valence electrons. The van der Waals surface area contributed by atoms with Gasteiger partial charge in [0, 0.05) is 57.0 Å². The highest BCUT2D eigenvalue weighted by Crippen LogP contribution is 2.17. The quantitative estimate of drug-likeness (QED) is 0.523. The molecule has 1 aliphatic rings. The molecule has 2 aromatic heterocycles. The Morgan fingerprint density at radius 1 is 1.09 bits per heavy atom. The first kappa shape index (κ1) is 23.4. The minimum absolute atomic E-state index is 0.132. The molecule has 4 rings (SSSR count). The van der Waals surface area contributed by atoms with Crippen LogP contribution in [0.15, 0.2) is 54.2 Å². The van der Waals surface area contributed by atoms with E-state index < -0.39 is 0 Å². The highest BCUT2D eigenvalue weighted by atomic mass is 32.1. The number of piperazine rings is 1. The molecule has 0 spiro atoms. The van der Waals surface area contributed by atoms with Crippen LogP contribution in [0.5, 0.6) is 5.75 Å². The van der Waals surface area contributed by atoms with Crippen molar-refractivity contribution in [2.75, 3.05) is 32.7 Å². The van der Waals surface area contributed by atoms with Crippen molar-refractivity contribution in [1.29, 1.82) is 0 Å². The fraction of sp³-hybridized carbons (Fsp3) is 0.400. The van der Waals surface area contributed by atoms with E-state index in [1.165, 1.54) is 22.5 Å². The maximum atomic E-state index is 12.1. The molecule has 0 radical (unpaired) electrons. The molecule has 1 N–H and O–H groups in total. The molecule has 1 aromatic carbocycles. The molecule has 3 heterocycles. The van der Waals surface area contributed by atoms with Crippen LogP contribution in [0.4, 0.5) is 0 Å². The first-order valence-electron chi connectivity index (χ1n) is 11.3. The van der Waals surface area contributed by atoms with Crippen molar-refractivity contribution < 1.29 is 9.53 Å². The number of rotatable bonds is 9. The molecule has 0 aliphatic carbocycles. The normalized spacial score (nSPS) is 15.8. The monoisotopic (exact) mass is 465 g/mol. The Morgan fingerprint density at radius 2 is 1.79 bits per heavy atom. The Hall–Kier alpha value is -2.81. The molecule has 8 heteroatoms. The van der Waals surface area contributed by atoms with Crippen LogP contribution < -0.4 is 10.1 Å². The zero-order chi connectivity index (χ0) is 23.0. The second kappa shape index (κ2) is 11.4. The number of ether oxygens (including phenoxy) is 1. The van der Waals surface area contributed by atoms with Crippen molar-refractivity contribution in [3.05, 3.63) is 76.0 Å². The third-order valence-corrected chi connectivity index (χ3v) is 6.44. The fourth-order valence-electron chi connectivity index (χ4n) is 3.86. The number of nitrogens with zero attached hydrogens (tertiary/aromatic N) is 4. The second-order valence-electron chi connectivity index (χ2n) is 8.45. The van der Waals surface area contributed by atoms with Crippen LogP contribution in [-0.2, 0) is 13.1 Å². The van der Waals surface area contributed by atoms with Gasteiger partial charge < -0.3 is 10.1 Å². The summed E-state index contributed by atoms with van der Waals surface area (Å²) < 4.78 is 5.96. The van der Waals surface area contributed by atoms with E-state index in [0.717, 1.165) is 50.0 Å². The maximum absolute atomic E-state index is 12.1. The summed E-state index contributed by atoms with van der Waals surface area (Å²) in [5, 5.41) is 5.54. The number of aromatic nitrogens is 2. The van der Waals surface area contributed by atoms with Gasteiger partial charge in [0.15, 0.2) is 0 Å². The zero-order valence-electron chi connectivity index (χ0n) is 19.2. The van der Waals surface area contributed by atoms with E-state index in [9.17, 15) is 4.79 Å². The molecule has 0 saturated carbocycles. The molecule has 33 heavy (non-hydrogen) atoms. The Balaban J connectivity index is 1.17. The van der Waals surface area contributed by atoms with Crippen molar-refractivity contribution in [2.45, 2.75) is 33.0 Å². The van der Waals surface area contributed by atoms with E-state index in [2.05, 4.69) is 43.3 Å². The average molecular weight is 466 g/mol. The highest BCUT2D eigenvalue weighted by Gasteiger charge is 2.17. The molecule has 1 amide bonds. The molecule has 0 bridgehead atoms. The summed E-state index contributed by atoms with van der Waals surface area (Å²) in [6, 6.07) is 12.4. The number of hydrogen-bond acceptors (Lipinski definition) is 7. The van der Waals surface area contributed by atoms with E-state index in [-0.39, 0.29) is 12.0 Å². The van der Waals surface area contributed by atoms with Gasteiger partial charge in [-0.05, 0) is 43.2 Å². The number of carbonyl (C=O) groups is 1. The van der Waals surface area contributed by atoms with Crippen LogP contribution in [0.3, 0.4) is 0 Å². The van der Waals surface area contributed by atoms with Crippen molar-refractivity contribution in [3.63, 3.8) is 0 Å². The molecule has 0 unspecified atom stereocenters. The molecule has 1 aliphatic heterocycles. The predicted molar refractivity (Wildman–Crippen MR) is 131 cm³/mol. The Kier molecular flexibility index (Phi) is 8.04. The van der Waals surface area contributed by atoms with Gasteiger partial charge >= 0.3 is 0 Å². The Labute approximate surface area is 199 Å². The van der Waals surface area contributed by atoms with Gasteiger partial charge in [-0.1, -0.05) is 18.2 Å². The van der Waals surface area contributed by atoms with Crippen LogP contribution >= 0.6 is 11.3 Å². The smallest absolute Gasteiger partial charge is 0.270 e. The van der Waals surface area contributed by atoms with Crippen LogP contribution in [0, 0.1) is 6.92 Å². The van der Waals surface area contributed by atoms with Crippen LogP contribution in [-0.4, -0.2) is 64.5 Å². The van der Waals surface area contributed by atoms with E-state index >= 15 is 0 Å². The lowest BCUT2D eigenvalue weighted by atomic mass is 10.2. The number of benzene rings is 1. The summed E-state index contributed by atoms with van der Waals surface area (Å²) in [6.07, 6.45) is 3.64. The van der Waals surface area contributed by atoms with Gasteiger partial charge in [-0.2, -0.15) is 0 Å². The van der Waals surface area contributed by atoms with Crippen molar-refractivity contribution in [1.82, 2.24) is 25.1 Å². The number of hydrogen-bond donors (Lipinski definition) is 1. The number of pyridine rings is 1. The Morgan fingerprint density at radius 3 is 2.39 bits per heavy atom.